The van der Waals surface area contributed by atoms with Gasteiger partial charge in [0, 0.05) is 10.6 Å². The Kier molecular flexibility index (Phi) is 7.35. The Balaban J connectivity index is 2.27. The minimum absolute atomic E-state index is 0.469. The number of rotatable bonds is 8. The van der Waals surface area contributed by atoms with Crippen molar-refractivity contribution in [1.29, 1.82) is 0 Å². The number of hydrogen-bond acceptors (Lipinski definition) is 0. The molecule has 0 unspecified atom stereocenters. The molecule has 0 nitrogen and oxygen atoms in total. The van der Waals surface area contributed by atoms with Crippen molar-refractivity contribution in [2.24, 2.45) is 0 Å². The van der Waals surface area contributed by atoms with Gasteiger partial charge in [-0.2, -0.15) is 0 Å². The van der Waals surface area contributed by atoms with E-state index in [0.717, 1.165) is 25.7 Å². The molecule has 1 heterocycles. The predicted octanol–water partition coefficient (Wildman–Crippen LogP) is 7.68. The van der Waals surface area contributed by atoms with E-state index in [0.29, 0.717) is 0 Å². The van der Waals surface area contributed by atoms with E-state index in [1.54, 1.807) is 21.7 Å². The monoisotopic (exact) mass is 457 g/mol. The van der Waals surface area contributed by atoms with Crippen LogP contribution in [0.4, 0.5) is 0 Å². The van der Waals surface area contributed by atoms with E-state index >= 15 is 0 Å². The molecule has 0 atom stereocenters. The summed E-state index contributed by atoms with van der Waals surface area (Å²) in [5.74, 6) is 0. The maximum atomic E-state index is 2.41. The number of benzene rings is 3. The lowest BCUT2D eigenvalue weighted by Gasteiger charge is -2.30. The van der Waals surface area contributed by atoms with Gasteiger partial charge in [0.25, 0.3) is 0 Å². The second-order valence-electron chi connectivity index (χ2n) is 8.22. The molecule has 0 aliphatic carbocycles. The minimum atomic E-state index is -1.90. The first-order chi connectivity index (χ1) is 15.7. The van der Waals surface area contributed by atoms with Crippen LogP contribution in [0.25, 0.3) is 0 Å². The highest BCUT2D eigenvalue weighted by Crippen LogP contribution is 2.80. The van der Waals surface area contributed by atoms with E-state index in [-0.39, 0.29) is 0 Å². The molecule has 2 heteroatoms. The minimum Gasteiger partial charge on any atom is -0.0620 e. The number of hydrogen-bond donors (Lipinski definition) is 0. The van der Waals surface area contributed by atoms with Gasteiger partial charge in [0.1, 0.15) is 15.9 Å². The smallest absolute Gasteiger partial charge is 0.0620 e. The fraction of sp³-hybridized carbons (Fsp3) is 0.267. The highest BCUT2D eigenvalue weighted by atomic mass is 32.1. The fourth-order valence-electron chi connectivity index (χ4n) is 5.42. The topological polar surface area (TPSA) is 0 Å². The highest BCUT2D eigenvalue weighted by molar-refractivity contribution is 8.45. The Morgan fingerprint density at radius 1 is 0.469 bits per heavy atom. The maximum Gasteiger partial charge on any atom is 0.154 e. The molecular formula is C30H35P2+. The Hall–Kier alpha value is -2.13. The van der Waals surface area contributed by atoms with E-state index in [1.165, 1.54) is 15.9 Å². The second kappa shape index (κ2) is 10.2. The molecule has 0 aliphatic heterocycles. The van der Waals surface area contributed by atoms with Gasteiger partial charge >= 0.3 is 0 Å². The summed E-state index contributed by atoms with van der Waals surface area (Å²) < 4.78 is 0. The zero-order chi connectivity index (χ0) is 22.6. The third-order valence-corrected chi connectivity index (χ3v) is 17.9. The summed E-state index contributed by atoms with van der Waals surface area (Å²) in [4.78, 5) is 0. The Labute approximate surface area is 196 Å². The van der Waals surface area contributed by atoms with Crippen molar-refractivity contribution < 1.29 is 0 Å². The average molecular weight is 458 g/mol. The molecule has 0 saturated carbocycles. The van der Waals surface area contributed by atoms with Gasteiger partial charge in [-0.25, -0.2) is 0 Å². The van der Waals surface area contributed by atoms with Crippen LogP contribution in [0, 0.1) is 0 Å². The Morgan fingerprint density at radius 3 is 1.03 bits per heavy atom. The molecule has 0 radical (unpaired) electrons. The molecule has 0 aliphatic rings. The molecule has 32 heavy (non-hydrogen) atoms. The lowest BCUT2D eigenvalue weighted by molar-refractivity contribution is 0.992. The summed E-state index contributed by atoms with van der Waals surface area (Å²) in [5, 5.41) is 8.07. The van der Waals surface area contributed by atoms with Gasteiger partial charge in [0.2, 0.25) is 0 Å². The van der Waals surface area contributed by atoms with Crippen molar-refractivity contribution in [2.45, 2.75) is 53.4 Å². The molecule has 0 amide bonds. The summed E-state index contributed by atoms with van der Waals surface area (Å²) in [6.45, 7) is 7.61. The van der Waals surface area contributed by atoms with E-state index < -0.39 is 14.2 Å². The quantitative estimate of drug-likeness (QED) is 0.238. The summed E-state index contributed by atoms with van der Waals surface area (Å²) in [6.07, 6.45) is 4.59. The lowest BCUT2D eigenvalue weighted by atomic mass is 10.0. The van der Waals surface area contributed by atoms with E-state index in [4.69, 9.17) is 0 Å². The second-order valence-corrected chi connectivity index (χ2v) is 15.7. The maximum absolute atomic E-state index is 2.41. The van der Waals surface area contributed by atoms with Gasteiger partial charge in [-0.05, 0) is 73.2 Å². The summed E-state index contributed by atoms with van der Waals surface area (Å²) in [7, 11) is -0.469. The molecule has 0 saturated heterocycles. The van der Waals surface area contributed by atoms with Crippen molar-refractivity contribution in [3.8, 4) is 0 Å². The van der Waals surface area contributed by atoms with Gasteiger partial charge in [-0.3, -0.25) is 0 Å². The molecule has 0 bridgehead atoms. The molecular weight excluding hydrogens is 422 g/mol. The van der Waals surface area contributed by atoms with E-state index in [9.17, 15) is 0 Å². The summed E-state index contributed by atoms with van der Waals surface area (Å²) in [6, 6.07) is 34.4. The van der Waals surface area contributed by atoms with Crippen LogP contribution in [0.2, 0.25) is 0 Å². The SMILES string of the molecule is CCc1c(CC)c(CC)p([P+](c2ccccc2)(c2ccccc2)c2ccccc2)c1CC. The Bertz CT molecular complexity index is 1020. The Morgan fingerprint density at radius 2 is 0.781 bits per heavy atom. The van der Waals surface area contributed by atoms with Crippen molar-refractivity contribution in [3.05, 3.63) is 113 Å². The van der Waals surface area contributed by atoms with Crippen LogP contribution in [0.15, 0.2) is 91.0 Å². The molecule has 0 N–H and O–H groups in total. The molecule has 0 fully saturated rings. The van der Waals surface area contributed by atoms with E-state index in [1.807, 2.05) is 0 Å². The van der Waals surface area contributed by atoms with Crippen LogP contribution < -0.4 is 15.9 Å². The van der Waals surface area contributed by atoms with Crippen LogP contribution >= 0.6 is 14.2 Å². The first-order valence-corrected chi connectivity index (χ1v) is 15.9. The fourth-order valence-corrected chi connectivity index (χ4v) is 18.6. The standard InChI is InChI=1S/C30H35P2/c1-5-27-28(6-2)30(8-4)31(29(27)7-3)32(24-18-12-9-13-19-24,25-20-14-10-15-21-25)26-22-16-11-17-23-26/h9-23H,5-8H2,1-4H3/q+1. The highest BCUT2D eigenvalue weighted by Gasteiger charge is 2.51. The average Bonchev–Trinajstić information content (AvgIpc) is 3.19. The van der Waals surface area contributed by atoms with Gasteiger partial charge in [0.15, 0.2) is 6.95 Å². The molecule has 4 aromatic rings. The summed E-state index contributed by atoms with van der Waals surface area (Å²) in [5.41, 5.74) is 3.34. The van der Waals surface area contributed by atoms with Gasteiger partial charge < -0.3 is 0 Å². The normalized spacial score (nSPS) is 11.6. The van der Waals surface area contributed by atoms with Gasteiger partial charge in [0.05, 0.1) is 7.22 Å². The molecule has 1 aromatic heterocycles. The van der Waals surface area contributed by atoms with Gasteiger partial charge in [-0.15, -0.1) is 0 Å². The van der Waals surface area contributed by atoms with Crippen LogP contribution in [-0.4, -0.2) is 0 Å². The van der Waals surface area contributed by atoms with Crippen LogP contribution in [0.3, 0.4) is 0 Å². The van der Waals surface area contributed by atoms with Crippen LogP contribution in [-0.2, 0) is 25.7 Å². The van der Waals surface area contributed by atoms with Crippen molar-refractivity contribution in [3.63, 3.8) is 0 Å². The molecule has 164 valence electrons. The van der Waals surface area contributed by atoms with E-state index in [2.05, 4.69) is 119 Å². The molecule has 0 spiro atoms. The zero-order valence-electron chi connectivity index (χ0n) is 19.9. The molecule has 3 aromatic carbocycles. The first-order valence-electron chi connectivity index (χ1n) is 12.0. The lowest BCUT2D eigenvalue weighted by Crippen LogP contribution is -2.28. The van der Waals surface area contributed by atoms with Crippen molar-refractivity contribution in [2.75, 3.05) is 0 Å². The predicted molar refractivity (Wildman–Crippen MR) is 147 cm³/mol. The van der Waals surface area contributed by atoms with Crippen LogP contribution in [0.5, 0.6) is 0 Å². The molecule has 4 rings (SSSR count). The van der Waals surface area contributed by atoms with Crippen molar-refractivity contribution in [1.82, 2.24) is 0 Å². The zero-order valence-corrected chi connectivity index (χ0v) is 21.7. The third-order valence-electron chi connectivity index (χ3n) is 6.64. The van der Waals surface area contributed by atoms with Crippen molar-refractivity contribution >= 4 is 30.1 Å². The summed E-state index contributed by atoms with van der Waals surface area (Å²) >= 11 is 0. The van der Waals surface area contributed by atoms with Crippen LogP contribution in [0.1, 0.15) is 49.4 Å². The van der Waals surface area contributed by atoms with Gasteiger partial charge in [-0.1, -0.05) is 82.3 Å². The first kappa shape index (κ1) is 23.0. The largest absolute Gasteiger partial charge is 0.154 e. The third kappa shape index (κ3) is 3.69.